The first-order valence-electron chi connectivity index (χ1n) is 7.42. The van der Waals surface area contributed by atoms with Crippen molar-refractivity contribution in [3.63, 3.8) is 0 Å². The van der Waals surface area contributed by atoms with Gasteiger partial charge < -0.3 is 15.4 Å². The molecule has 1 aliphatic heterocycles. The van der Waals surface area contributed by atoms with E-state index in [0.717, 1.165) is 17.7 Å². The van der Waals surface area contributed by atoms with E-state index in [0.29, 0.717) is 24.9 Å². The van der Waals surface area contributed by atoms with Crippen molar-refractivity contribution in [2.75, 3.05) is 11.9 Å². The fourth-order valence-electron chi connectivity index (χ4n) is 2.18. The SMILES string of the molecule is CCCNC(=O)C(C)OC(=O)c1ccc2c(c1)CCC(=O)N2. The predicted molar refractivity (Wildman–Crippen MR) is 81.6 cm³/mol. The molecule has 1 aromatic carbocycles. The minimum absolute atomic E-state index is 0.0240. The third-order valence-corrected chi connectivity index (χ3v) is 3.44. The highest BCUT2D eigenvalue weighted by atomic mass is 16.5. The summed E-state index contributed by atoms with van der Waals surface area (Å²) in [6.07, 6.45) is 0.980. The van der Waals surface area contributed by atoms with Crippen LogP contribution in [0.1, 0.15) is 42.6 Å². The zero-order chi connectivity index (χ0) is 16.1. The molecule has 118 valence electrons. The van der Waals surface area contributed by atoms with Crippen LogP contribution in [0.5, 0.6) is 0 Å². The van der Waals surface area contributed by atoms with E-state index in [1.165, 1.54) is 0 Å². The average Bonchev–Trinajstić information content (AvgIpc) is 2.51. The normalized spacial score (nSPS) is 14.5. The summed E-state index contributed by atoms with van der Waals surface area (Å²) in [7, 11) is 0. The largest absolute Gasteiger partial charge is 0.449 e. The number of nitrogens with one attached hydrogen (secondary N) is 2. The average molecular weight is 304 g/mol. The highest BCUT2D eigenvalue weighted by Gasteiger charge is 2.21. The molecule has 0 saturated carbocycles. The molecular formula is C16H20N2O4. The zero-order valence-corrected chi connectivity index (χ0v) is 12.8. The van der Waals surface area contributed by atoms with Gasteiger partial charge in [0, 0.05) is 18.7 Å². The topological polar surface area (TPSA) is 84.5 Å². The van der Waals surface area contributed by atoms with Gasteiger partial charge in [-0.1, -0.05) is 6.92 Å². The molecule has 0 radical (unpaired) electrons. The lowest BCUT2D eigenvalue weighted by molar-refractivity contribution is -0.129. The van der Waals surface area contributed by atoms with Crippen molar-refractivity contribution in [1.82, 2.24) is 5.32 Å². The van der Waals surface area contributed by atoms with E-state index in [9.17, 15) is 14.4 Å². The number of rotatable bonds is 5. The summed E-state index contributed by atoms with van der Waals surface area (Å²) in [5, 5.41) is 5.43. The van der Waals surface area contributed by atoms with E-state index in [2.05, 4.69) is 10.6 Å². The fourth-order valence-corrected chi connectivity index (χ4v) is 2.18. The number of fused-ring (bicyclic) bond motifs is 1. The Morgan fingerprint density at radius 1 is 1.36 bits per heavy atom. The van der Waals surface area contributed by atoms with Crippen LogP contribution in [0.25, 0.3) is 0 Å². The van der Waals surface area contributed by atoms with E-state index in [1.807, 2.05) is 6.92 Å². The van der Waals surface area contributed by atoms with Gasteiger partial charge in [-0.25, -0.2) is 4.79 Å². The quantitative estimate of drug-likeness (QED) is 0.810. The highest BCUT2D eigenvalue weighted by Crippen LogP contribution is 2.24. The van der Waals surface area contributed by atoms with Crippen LogP contribution in [-0.2, 0) is 20.7 Å². The molecule has 2 N–H and O–H groups in total. The molecule has 0 aliphatic carbocycles. The van der Waals surface area contributed by atoms with Crippen molar-refractivity contribution >= 4 is 23.5 Å². The van der Waals surface area contributed by atoms with Crippen LogP contribution in [-0.4, -0.2) is 30.4 Å². The summed E-state index contributed by atoms with van der Waals surface area (Å²) in [5.74, 6) is -0.872. The third-order valence-electron chi connectivity index (χ3n) is 3.44. The van der Waals surface area contributed by atoms with Gasteiger partial charge in [0.05, 0.1) is 5.56 Å². The first-order valence-corrected chi connectivity index (χ1v) is 7.42. The number of aryl methyl sites for hydroxylation is 1. The lowest BCUT2D eigenvalue weighted by Gasteiger charge is -2.18. The van der Waals surface area contributed by atoms with Crippen LogP contribution in [0.2, 0.25) is 0 Å². The third kappa shape index (κ3) is 3.84. The first kappa shape index (κ1) is 16.0. The van der Waals surface area contributed by atoms with E-state index in [-0.39, 0.29) is 11.8 Å². The Hall–Kier alpha value is -2.37. The Morgan fingerprint density at radius 2 is 2.14 bits per heavy atom. The van der Waals surface area contributed by atoms with E-state index >= 15 is 0 Å². The summed E-state index contributed by atoms with van der Waals surface area (Å²) >= 11 is 0. The zero-order valence-electron chi connectivity index (χ0n) is 12.8. The first-order chi connectivity index (χ1) is 10.5. The van der Waals surface area contributed by atoms with Gasteiger partial charge in [-0.15, -0.1) is 0 Å². The van der Waals surface area contributed by atoms with Crippen LogP contribution in [0.3, 0.4) is 0 Å². The molecule has 0 spiro atoms. The molecule has 2 rings (SSSR count). The number of amides is 2. The smallest absolute Gasteiger partial charge is 0.338 e. The van der Waals surface area contributed by atoms with Gasteiger partial charge in [0.25, 0.3) is 5.91 Å². The second-order valence-corrected chi connectivity index (χ2v) is 5.26. The lowest BCUT2D eigenvalue weighted by Crippen LogP contribution is -2.36. The van der Waals surface area contributed by atoms with Crippen molar-refractivity contribution in [3.05, 3.63) is 29.3 Å². The Bertz CT molecular complexity index is 598. The summed E-state index contributed by atoms with van der Waals surface area (Å²) in [6, 6.07) is 4.97. The second kappa shape index (κ2) is 7.06. The molecule has 0 bridgehead atoms. The minimum Gasteiger partial charge on any atom is -0.449 e. The molecule has 6 heteroatoms. The molecule has 1 aromatic rings. The standard InChI is InChI=1S/C16H20N2O4/c1-3-8-17-15(20)10(2)22-16(21)12-4-6-13-11(9-12)5-7-14(19)18-13/h4,6,9-10H,3,5,7-8H2,1-2H3,(H,17,20)(H,18,19). The fraction of sp³-hybridized carbons (Fsp3) is 0.438. The van der Waals surface area contributed by atoms with Gasteiger partial charge in [0.1, 0.15) is 0 Å². The molecule has 1 atom stereocenters. The Morgan fingerprint density at radius 3 is 2.86 bits per heavy atom. The van der Waals surface area contributed by atoms with Crippen LogP contribution >= 0.6 is 0 Å². The van der Waals surface area contributed by atoms with Crippen molar-refractivity contribution in [3.8, 4) is 0 Å². The van der Waals surface area contributed by atoms with E-state index < -0.39 is 12.1 Å². The summed E-state index contributed by atoms with van der Waals surface area (Å²) < 4.78 is 5.17. The number of carbonyl (C=O) groups is 3. The molecule has 1 heterocycles. The van der Waals surface area contributed by atoms with Crippen LogP contribution in [0.15, 0.2) is 18.2 Å². The number of carbonyl (C=O) groups excluding carboxylic acids is 3. The Balaban J connectivity index is 2.01. The molecule has 1 unspecified atom stereocenters. The van der Waals surface area contributed by atoms with Crippen molar-refractivity contribution < 1.29 is 19.1 Å². The van der Waals surface area contributed by atoms with Crippen LogP contribution in [0.4, 0.5) is 5.69 Å². The summed E-state index contributed by atoms with van der Waals surface area (Å²) in [6.45, 7) is 4.05. The van der Waals surface area contributed by atoms with Crippen LogP contribution < -0.4 is 10.6 Å². The number of esters is 1. The summed E-state index contributed by atoms with van der Waals surface area (Å²) in [5.41, 5.74) is 2.00. The number of benzene rings is 1. The molecule has 0 saturated heterocycles. The summed E-state index contributed by atoms with van der Waals surface area (Å²) in [4.78, 5) is 35.1. The lowest BCUT2D eigenvalue weighted by atomic mass is 10.0. The predicted octanol–water partition coefficient (Wildman–Crippen LogP) is 1.64. The maximum Gasteiger partial charge on any atom is 0.338 e. The number of hydrogen-bond acceptors (Lipinski definition) is 4. The molecular weight excluding hydrogens is 284 g/mol. The van der Waals surface area contributed by atoms with Crippen molar-refractivity contribution in [2.45, 2.75) is 39.2 Å². The van der Waals surface area contributed by atoms with Crippen LogP contribution in [0, 0.1) is 0 Å². The Labute approximate surface area is 129 Å². The van der Waals surface area contributed by atoms with Crippen molar-refractivity contribution in [2.24, 2.45) is 0 Å². The van der Waals surface area contributed by atoms with Gasteiger partial charge >= 0.3 is 5.97 Å². The second-order valence-electron chi connectivity index (χ2n) is 5.26. The van der Waals surface area contributed by atoms with E-state index in [1.54, 1.807) is 25.1 Å². The van der Waals surface area contributed by atoms with Gasteiger partial charge in [0.2, 0.25) is 5.91 Å². The molecule has 22 heavy (non-hydrogen) atoms. The number of anilines is 1. The number of ether oxygens (including phenoxy) is 1. The van der Waals surface area contributed by atoms with Gasteiger partial charge in [-0.05, 0) is 43.5 Å². The molecule has 2 amide bonds. The van der Waals surface area contributed by atoms with E-state index in [4.69, 9.17) is 4.74 Å². The maximum atomic E-state index is 12.1. The van der Waals surface area contributed by atoms with Gasteiger partial charge in [-0.2, -0.15) is 0 Å². The van der Waals surface area contributed by atoms with Gasteiger partial charge in [-0.3, -0.25) is 9.59 Å². The molecule has 6 nitrogen and oxygen atoms in total. The maximum absolute atomic E-state index is 12.1. The number of hydrogen-bond donors (Lipinski definition) is 2. The monoisotopic (exact) mass is 304 g/mol. The van der Waals surface area contributed by atoms with Gasteiger partial charge in [0.15, 0.2) is 6.10 Å². The highest BCUT2D eigenvalue weighted by molar-refractivity contribution is 5.96. The van der Waals surface area contributed by atoms with Crippen molar-refractivity contribution in [1.29, 1.82) is 0 Å². The molecule has 0 fully saturated rings. The minimum atomic E-state index is -0.838. The molecule has 0 aromatic heterocycles. The Kier molecular flexibility index (Phi) is 5.14. The molecule has 1 aliphatic rings.